The first-order chi connectivity index (χ1) is 12.0. The molecular formula is C20H24FNO3. The summed E-state index contributed by atoms with van der Waals surface area (Å²) >= 11 is 0. The van der Waals surface area contributed by atoms with Gasteiger partial charge in [-0.05, 0) is 55.3 Å². The van der Waals surface area contributed by atoms with E-state index < -0.39 is 5.82 Å². The van der Waals surface area contributed by atoms with E-state index in [0.29, 0.717) is 17.7 Å². The number of hydrogen-bond donors (Lipinski definition) is 1. The predicted octanol–water partition coefficient (Wildman–Crippen LogP) is 4.50. The molecule has 0 spiro atoms. The highest BCUT2D eigenvalue weighted by molar-refractivity contribution is 5.94. The molecule has 0 aliphatic carbocycles. The Balaban J connectivity index is 1.97. The average Bonchev–Trinajstić information content (AvgIpc) is 2.62. The molecule has 4 nitrogen and oxygen atoms in total. The highest BCUT2D eigenvalue weighted by atomic mass is 19.1. The Morgan fingerprint density at radius 2 is 1.92 bits per heavy atom. The number of hydrogen-bond acceptors (Lipinski definition) is 3. The first-order valence-electron chi connectivity index (χ1n) is 8.42. The van der Waals surface area contributed by atoms with Crippen LogP contribution in [0.1, 0.15) is 48.7 Å². The minimum Gasteiger partial charge on any atom is -0.494 e. The zero-order valence-corrected chi connectivity index (χ0v) is 14.8. The molecule has 0 fully saturated rings. The molecule has 1 atom stereocenters. The van der Waals surface area contributed by atoms with Crippen LogP contribution in [0, 0.1) is 5.82 Å². The molecule has 0 aliphatic rings. The van der Waals surface area contributed by atoms with Crippen LogP contribution in [0.25, 0.3) is 0 Å². The zero-order valence-electron chi connectivity index (χ0n) is 14.8. The van der Waals surface area contributed by atoms with Gasteiger partial charge < -0.3 is 14.8 Å². The van der Waals surface area contributed by atoms with E-state index in [2.05, 4.69) is 12.2 Å². The Labute approximate surface area is 148 Å². The second-order valence-electron chi connectivity index (χ2n) is 5.82. The molecule has 0 saturated heterocycles. The highest BCUT2D eigenvalue weighted by Gasteiger charge is 2.13. The SMILES string of the molecule is CCCCOc1ccc(C(=O)N[C@@H](C)c2ccc(OC)c(F)c2)cc1. The Kier molecular flexibility index (Phi) is 6.81. The van der Waals surface area contributed by atoms with Crippen LogP contribution in [-0.2, 0) is 0 Å². The van der Waals surface area contributed by atoms with Crippen molar-refractivity contribution in [3.05, 3.63) is 59.4 Å². The third kappa shape index (κ3) is 5.21. The van der Waals surface area contributed by atoms with Gasteiger partial charge in [-0.1, -0.05) is 19.4 Å². The minimum atomic E-state index is -0.449. The minimum absolute atomic E-state index is 0.181. The maximum atomic E-state index is 13.8. The van der Waals surface area contributed by atoms with Crippen molar-refractivity contribution in [2.45, 2.75) is 32.7 Å². The van der Waals surface area contributed by atoms with Crippen LogP contribution >= 0.6 is 0 Å². The molecule has 0 saturated carbocycles. The first-order valence-corrected chi connectivity index (χ1v) is 8.42. The summed E-state index contributed by atoms with van der Waals surface area (Å²) in [7, 11) is 1.42. The summed E-state index contributed by atoms with van der Waals surface area (Å²) < 4.78 is 24.3. The zero-order chi connectivity index (χ0) is 18.2. The van der Waals surface area contributed by atoms with E-state index in [1.807, 2.05) is 0 Å². The maximum absolute atomic E-state index is 13.8. The van der Waals surface area contributed by atoms with Gasteiger partial charge in [0.1, 0.15) is 5.75 Å². The van der Waals surface area contributed by atoms with Crippen LogP contribution < -0.4 is 14.8 Å². The van der Waals surface area contributed by atoms with Gasteiger partial charge in [0.2, 0.25) is 0 Å². The fourth-order valence-electron chi connectivity index (χ4n) is 2.35. The average molecular weight is 345 g/mol. The normalized spacial score (nSPS) is 11.7. The van der Waals surface area contributed by atoms with Gasteiger partial charge in [-0.2, -0.15) is 0 Å². The fourth-order valence-corrected chi connectivity index (χ4v) is 2.35. The van der Waals surface area contributed by atoms with Crippen LogP contribution in [0.3, 0.4) is 0 Å². The van der Waals surface area contributed by atoms with Crippen molar-refractivity contribution in [1.29, 1.82) is 0 Å². The number of benzene rings is 2. The molecule has 25 heavy (non-hydrogen) atoms. The van der Waals surface area contributed by atoms with Gasteiger partial charge in [-0.25, -0.2) is 4.39 Å². The lowest BCUT2D eigenvalue weighted by molar-refractivity contribution is 0.0939. The monoisotopic (exact) mass is 345 g/mol. The van der Waals surface area contributed by atoms with Crippen LogP contribution in [0.4, 0.5) is 4.39 Å². The Morgan fingerprint density at radius 3 is 2.52 bits per heavy atom. The summed E-state index contributed by atoms with van der Waals surface area (Å²) in [5.41, 5.74) is 1.20. The van der Waals surface area contributed by atoms with Gasteiger partial charge in [0.15, 0.2) is 11.6 Å². The quantitative estimate of drug-likeness (QED) is 0.716. The molecule has 5 heteroatoms. The lowest BCUT2D eigenvalue weighted by Crippen LogP contribution is -2.26. The van der Waals surface area contributed by atoms with Crippen molar-refractivity contribution >= 4 is 5.91 Å². The molecule has 134 valence electrons. The smallest absolute Gasteiger partial charge is 0.251 e. The molecule has 0 heterocycles. The van der Waals surface area contributed by atoms with E-state index in [1.54, 1.807) is 43.3 Å². The largest absolute Gasteiger partial charge is 0.494 e. The summed E-state index contributed by atoms with van der Waals surface area (Å²) in [5, 5.41) is 2.86. The van der Waals surface area contributed by atoms with E-state index >= 15 is 0 Å². The van der Waals surface area contributed by atoms with Gasteiger partial charge in [-0.3, -0.25) is 4.79 Å². The Hall–Kier alpha value is -2.56. The van der Waals surface area contributed by atoms with Gasteiger partial charge in [0.05, 0.1) is 19.8 Å². The molecule has 0 bridgehead atoms. The highest BCUT2D eigenvalue weighted by Crippen LogP contribution is 2.22. The summed E-state index contributed by atoms with van der Waals surface area (Å²) in [4.78, 5) is 12.3. The third-order valence-corrected chi connectivity index (χ3v) is 3.91. The summed E-state index contributed by atoms with van der Waals surface area (Å²) in [6.45, 7) is 4.58. The van der Waals surface area contributed by atoms with Gasteiger partial charge >= 0.3 is 0 Å². The van der Waals surface area contributed by atoms with Crippen molar-refractivity contribution in [2.24, 2.45) is 0 Å². The maximum Gasteiger partial charge on any atom is 0.251 e. The lowest BCUT2D eigenvalue weighted by Gasteiger charge is -2.15. The van der Waals surface area contributed by atoms with Gasteiger partial charge in [0, 0.05) is 5.56 Å². The van der Waals surface area contributed by atoms with Crippen LogP contribution in [0.15, 0.2) is 42.5 Å². The standard InChI is InChI=1S/C20H24FNO3/c1-4-5-12-25-17-9-6-15(7-10-17)20(23)22-14(2)16-8-11-19(24-3)18(21)13-16/h6-11,13-14H,4-5,12H2,1-3H3,(H,22,23)/t14-/m0/s1. The molecule has 0 radical (unpaired) electrons. The Morgan fingerprint density at radius 1 is 1.20 bits per heavy atom. The molecule has 1 amide bonds. The number of unbranched alkanes of at least 4 members (excludes halogenated alkanes) is 1. The Bertz CT molecular complexity index is 701. The number of ether oxygens (including phenoxy) is 2. The molecule has 0 unspecified atom stereocenters. The summed E-state index contributed by atoms with van der Waals surface area (Å²) in [6, 6.07) is 11.3. The third-order valence-electron chi connectivity index (χ3n) is 3.91. The van der Waals surface area contributed by atoms with E-state index in [9.17, 15) is 9.18 Å². The summed E-state index contributed by atoms with van der Waals surface area (Å²) in [5.74, 6) is 0.259. The number of carbonyl (C=O) groups excluding carboxylic acids is 1. The number of carbonyl (C=O) groups is 1. The lowest BCUT2D eigenvalue weighted by atomic mass is 10.1. The van der Waals surface area contributed by atoms with Crippen LogP contribution in [0.2, 0.25) is 0 Å². The predicted molar refractivity (Wildman–Crippen MR) is 95.7 cm³/mol. The number of halogens is 1. The van der Waals surface area contributed by atoms with E-state index in [0.717, 1.165) is 18.6 Å². The number of nitrogens with one attached hydrogen (secondary N) is 1. The van der Waals surface area contributed by atoms with Crippen LogP contribution in [-0.4, -0.2) is 19.6 Å². The number of methoxy groups -OCH3 is 1. The second kappa shape index (κ2) is 9.06. The molecule has 0 aromatic heterocycles. The summed E-state index contributed by atoms with van der Waals surface area (Å²) in [6.07, 6.45) is 2.07. The van der Waals surface area contributed by atoms with Crippen molar-refractivity contribution in [2.75, 3.05) is 13.7 Å². The molecule has 0 aliphatic heterocycles. The van der Waals surface area contributed by atoms with Gasteiger partial charge in [0.25, 0.3) is 5.91 Å². The van der Waals surface area contributed by atoms with Crippen molar-refractivity contribution in [3.63, 3.8) is 0 Å². The molecule has 2 aromatic rings. The van der Waals surface area contributed by atoms with E-state index in [-0.39, 0.29) is 17.7 Å². The molecule has 2 rings (SSSR count). The van der Waals surface area contributed by atoms with E-state index in [1.165, 1.54) is 13.2 Å². The molecule has 1 N–H and O–H groups in total. The van der Waals surface area contributed by atoms with Crippen LogP contribution in [0.5, 0.6) is 11.5 Å². The topological polar surface area (TPSA) is 47.6 Å². The second-order valence-corrected chi connectivity index (χ2v) is 5.82. The fraction of sp³-hybridized carbons (Fsp3) is 0.350. The van der Waals surface area contributed by atoms with Crippen molar-refractivity contribution in [1.82, 2.24) is 5.32 Å². The first kappa shape index (κ1) is 18.8. The number of amides is 1. The van der Waals surface area contributed by atoms with E-state index in [4.69, 9.17) is 9.47 Å². The molecule has 2 aromatic carbocycles. The number of rotatable bonds is 8. The molecular weight excluding hydrogens is 321 g/mol. The van der Waals surface area contributed by atoms with Gasteiger partial charge in [-0.15, -0.1) is 0 Å². The van der Waals surface area contributed by atoms with Crippen molar-refractivity contribution < 1.29 is 18.7 Å². The van der Waals surface area contributed by atoms with Crippen molar-refractivity contribution in [3.8, 4) is 11.5 Å².